The molecule has 0 bridgehead atoms. The van der Waals surface area contributed by atoms with Crippen molar-refractivity contribution in [2.75, 3.05) is 6.61 Å². The highest BCUT2D eigenvalue weighted by molar-refractivity contribution is 4.94. The van der Waals surface area contributed by atoms with Gasteiger partial charge in [-0.25, -0.2) is 0 Å². The van der Waals surface area contributed by atoms with Crippen LogP contribution in [0, 0.1) is 0 Å². The first kappa shape index (κ1) is 21.5. The van der Waals surface area contributed by atoms with Gasteiger partial charge in [0, 0.05) is 0 Å². The Morgan fingerprint density at radius 3 is 2.17 bits per heavy atom. The van der Waals surface area contributed by atoms with Gasteiger partial charge in [0.25, 0.3) is 0 Å². The zero-order valence-electron chi connectivity index (χ0n) is 14.4. The highest BCUT2D eigenvalue weighted by Gasteiger charge is 2.46. The standard InChI is InChI=1S/C16H30O8/c1-5-16(4,22)7-6-10(15(2,3)21)24-14-13(20)12(19)11(18)9(8-17)23-14/h5,9-14,17-22H,1,6-8H2,2-4H3/t9-,10?,11-,12+,13-,14+,16+/m1/s1. The highest BCUT2D eigenvalue weighted by atomic mass is 16.7. The summed E-state index contributed by atoms with van der Waals surface area (Å²) in [6.07, 6.45) is -6.02. The van der Waals surface area contributed by atoms with Crippen molar-refractivity contribution in [1.29, 1.82) is 0 Å². The van der Waals surface area contributed by atoms with E-state index in [0.717, 1.165) is 0 Å². The Bertz CT molecular complexity index is 403. The number of aliphatic hydroxyl groups excluding tert-OH is 4. The smallest absolute Gasteiger partial charge is 0.187 e. The second-order valence-corrected chi connectivity index (χ2v) is 7.08. The summed E-state index contributed by atoms with van der Waals surface area (Å²) in [6.45, 7) is 7.54. The monoisotopic (exact) mass is 350 g/mol. The van der Waals surface area contributed by atoms with Gasteiger partial charge < -0.3 is 40.1 Å². The molecular weight excluding hydrogens is 320 g/mol. The zero-order chi connectivity index (χ0) is 18.7. The fraction of sp³-hybridized carbons (Fsp3) is 0.875. The number of ether oxygens (including phenoxy) is 2. The van der Waals surface area contributed by atoms with Crippen molar-refractivity contribution in [3.8, 4) is 0 Å². The van der Waals surface area contributed by atoms with Gasteiger partial charge in [0.2, 0.25) is 0 Å². The second kappa shape index (κ2) is 8.20. The van der Waals surface area contributed by atoms with E-state index < -0.39 is 54.6 Å². The molecule has 1 heterocycles. The number of hydrogen-bond donors (Lipinski definition) is 6. The molecule has 8 nitrogen and oxygen atoms in total. The molecule has 8 heteroatoms. The van der Waals surface area contributed by atoms with Crippen LogP contribution in [0.25, 0.3) is 0 Å². The summed E-state index contributed by atoms with van der Waals surface area (Å²) in [5.41, 5.74) is -2.47. The van der Waals surface area contributed by atoms with Crippen LogP contribution < -0.4 is 0 Å². The van der Waals surface area contributed by atoms with E-state index >= 15 is 0 Å². The molecule has 0 spiro atoms. The lowest BCUT2D eigenvalue weighted by Crippen LogP contribution is -2.60. The van der Waals surface area contributed by atoms with Crippen LogP contribution in [0.4, 0.5) is 0 Å². The largest absolute Gasteiger partial charge is 0.394 e. The van der Waals surface area contributed by atoms with E-state index in [4.69, 9.17) is 9.47 Å². The summed E-state index contributed by atoms with van der Waals surface area (Å²) in [7, 11) is 0. The number of hydrogen-bond acceptors (Lipinski definition) is 8. The van der Waals surface area contributed by atoms with Gasteiger partial charge in [-0.05, 0) is 33.6 Å². The van der Waals surface area contributed by atoms with Gasteiger partial charge in [-0.15, -0.1) is 6.58 Å². The lowest BCUT2D eigenvalue weighted by atomic mass is 9.91. The third-order valence-electron chi connectivity index (χ3n) is 4.29. The molecule has 142 valence electrons. The normalized spacial score (nSPS) is 35.3. The fourth-order valence-electron chi connectivity index (χ4n) is 2.45. The van der Waals surface area contributed by atoms with Crippen LogP contribution in [0.2, 0.25) is 0 Å². The van der Waals surface area contributed by atoms with E-state index in [1.807, 2.05) is 0 Å². The topological polar surface area (TPSA) is 140 Å². The molecule has 0 aliphatic carbocycles. The molecule has 1 fully saturated rings. The van der Waals surface area contributed by atoms with Crippen molar-refractivity contribution in [3.05, 3.63) is 12.7 Å². The molecule has 7 atom stereocenters. The maximum atomic E-state index is 10.3. The van der Waals surface area contributed by atoms with Crippen LogP contribution in [0.1, 0.15) is 33.6 Å². The molecule has 0 saturated carbocycles. The van der Waals surface area contributed by atoms with Gasteiger partial charge in [0.05, 0.1) is 23.9 Å². The van der Waals surface area contributed by atoms with Gasteiger partial charge in [-0.3, -0.25) is 0 Å². The predicted molar refractivity (Wildman–Crippen MR) is 85.0 cm³/mol. The van der Waals surface area contributed by atoms with Gasteiger partial charge in [-0.2, -0.15) is 0 Å². The molecule has 0 aromatic heterocycles. The van der Waals surface area contributed by atoms with Gasteiger partial charge in [-0.1, -0.05) is 6.08 Å². The minimum atomic E-state index is -1.56. The van der Waals surface area contributed by atoms with Crippen molar-refractivity contribution in [1.82, 2.24) is 0 Å². The van der Waals surface area contributed by atoms with E-state index in [1.165, 1.54) is 19.9 Å². The summed E-state index contributed by atoms with van der Waals surface area (Å²) in [4.78, 5) is 0. The maximum absolute atomic E-state index is 10.3. The highest BCUT2D eigenvalue weighted by Crippen LogP contribution is 2.28. The van der Waals surface area contributed by atoms with E-state index in [9.17, 15) is 30.6 Å². The van der Waals surface area contributed by atoms with Crippen molar-refractivity contribution < 1.29 is 40.1 Å². The minimum Gasteiger partial charge on any atom is -0.394 e. The molecule has 0 aromatic rings. The van der Waals surface area contributed by atoms with Crippen molar-refractivity contribution in [2.45, 2.75) is 81.6 Å². The molecule has 6 N–H and O–H groups in total. The summed E-state index contributed by atoms with van der Waals surface area (Å²) in [6, 6.07) is 0. The number of aliphatic hydroxyl groups is 6. The zero-order valence-corrected chi connectivity index (χ0v) is 14.4. The van der Waals surface area contributed by atoms with Crippen LogP contribution in [-0.4, -0.2) is 85.3 Å². The van der Waals surface area contributed by atoms with E-state index in [-0.39, 0.29) is 12.8 Å². The summed E-state index contributed by atoms with van der Waals surface area (Å²) in [5.74, 6) is 0. The molecule has 24 heavy (non-hydrogen) atoms. The van der Waals surface area contributed by atoms with Crippen LogP contribution in [0.5, 0.6) is 0 Å². The fourth-order valence-corrected chi connectivity index (χ4v) is 2.45. The van der Waals surface area contributed by atoms with Crippen LogP contribution in [0.3, 0.4) is 0 Å². The van der Waals surface area contributed by atoms with Crippen LogP contribution >= 0.6 is 0 Å². The molecule has 1 aliphatic rings. The molecule has 1 aliphatic heterocycles. The lowest BCUT2D eigenvalue weighted by Gasteiger charge is -2.42. The minimum absolute atomic E-state index is 0.220. The SMILES string of the molecule is C=C[C@](C)(O)CCC(O[C@@H]1O[C@H](CO)[C@@H](O)[C@H](O)[C@H]1O)C(C)(C)O. The van der Waals surface area contributed by atoms with E-state index in [1.54, 1.807) is 6.92 Å². The van der Waals surface area contributed by atoms with Crippen LogP contribution in [0.15, 0.2) is 12.7 Å². The maximum Gasteiger partial charge on any atom is 0.187 e. The number of rotatable bonds is 8. The average Bonchev–Trinajstić information content (AvgIpc) is 2.50. The Morgan fingerprint density at radius 2 is 1.71 bits per heavy atom. The first-order chi connectivity index (χ1) is 10.9. The third kappa shape index (κ3) is 5.47. The Balaban J connectivity index is 2.83. The molecule has 1 rings (SSSR count). The quantitative estimate of drug-likeness (QED) is 0.296. The first-order valence-corrected chi connectivity index (χ1v) is 7.97. The Kier molecular flexibility index (Phi) is 7.33. The van der Waals surface area contributed by atoms with Gasteiger partial charge in [0.1, 0.15) is 24.4 Å². The Labute approximate surface area is 142 Å². The first-order valence-electron chi connectivity index (χ1n) is 7.97. The second-order valence-electron chi connectivity index (χ2n) is 7.08. The van der Waals surface area contributed by atoms with Gasteiger partial charge >= 0.3 is 0 Å². The summed E-state index contributed by atoms with van der Waals surface area (Å²) >= 11 is 0. The van der Waals surface area contributed by atoms with Crippen molar-refractivity contribution in [3.63, 3.8) is 0 Å². The van der Waals surface area contributed by atoms with Crippen molar-refractivity contribution >= 4 is 0 Å². The summed E-state index contributed by atoms with van der Waals surface area (Å²) < 4.78 is 10.9. The molecular formula is C16H30O8. The molecule has 0 radical (unpaired) electrons. The Hall–Kier alpha value is -0.580. The summed E-state index contributed by atoms with van der Waals surface area (Å²) in [5, 5.41) is 59.1. The molecule has 1 saturated heterocycles. The van der Waals surface area contributed by atoms with E-state index in [0.29, 0.717) is 0 Å². The van der Waals surface area contributed by atoms with E-state index in [2.05, 4.69) is 6.58 Å². The van der Waals surface area contributed by atoms with Crippen molar-refractivity contribution in [2.24, 2.45) is 0 Å². The average molecular weight is 350 g/mol. The molecule has 0 amide bonds. The predicted octanol–water partition coefficient (Wildman–Crippen LogP) is -1.34. The molecule has 0 aromatic carbocycles. The Morgan fingerprint density at radius 1 is 1.12 bits per heavy atom. The van der Waals surface area contributed by atoms with Gasteiger partial charge in [0.15, 0.2) is 6.29 Å². The molecule has 1 unspecified atom stereocenters. The lowest BCUT2D eigenvalue weighted by molar-refractivity contribution is -0.322. The van der Waals surface area contributed by atoms with Crippen LogP contribution in [-0.2, 0) is 9.47 Å². The third-order valence-corrected chi connectivity index (χ3v) is 4.29.